The average molecular weight is 427 g/mol. The molecule has 8 heteroatoms. The Balaban J connectivity index is 1.68. The Kier molecular flexibility index (Phi) is 5.02. The quantitative estimate of drug-likeness (QED) is 0.402. The lowest BCUT2D eigenvalue weighted by molar-refractivity contribution is 0.0983. The van der Waals surface area contributed by atoms with Crippen LogP contribution in [0.4, 0.5) is 0 Å². The molecule has 1 aromatic carbocycles. The number of hydrogen-bond donors (Lipinski definition) is 0. The van der Waals surface area contributed by atoms with E-state index in [0.717, 1.165) is 27.2 Å². The molecule has 0 radical (unpaired) electrons. The van der Waals surface area contributed by atoms with Gasteiger partial charge in [-0.25, -0.2) is 4.98 Å². The number of Topliss-reactive ketones (excluding diaryl/α,β-unsaturated/α-hetero) is 1. The number of nitrogens with zero attached hydrogens (tertiary/aromatic N) is 4. The van der Waals surface area contributed by atoms with Crippen LogP contribution in [0.2, 0.25) is 5.02 Å². The highest BCUT2D eigenvalue weighted by Crippen LogP contribution is 2.33. The molecule has 28 heavy (non-hydrogen) atoms. The summed E-state index contributed by atoms with van der Waals surface area (Å²) in [5.74, 6) is -1.09. The zero-order valence-electron chi connectivity index (χ0n) is 15.1. The zero-order valence-corrected chi connectivity index (χ0v) is 17.5. The summed E-state index contributed by atoms with van der Waals surface area (Å²) >= 11 is 8.68. The highest BCUT2D eigenvalue weighted by molar-refractivity contribution is 7.20. The van der Waals surface area contributed by atoms with Gasteiger partial charge < -0.3 is 0 Å². The van der Waals surface area contributed by atoms with Crippen molar-refractivity contribution in [2.45, 2.75) is 26.3 Å². The summed E-state index contributed by atoms with van der Waals surface area (Å²) in [5, 5.41) is 18.2. The molecule has 0 aliphatic heterocycles. The predicted molar refractivity (Wildman–Crippen MR) is 112 cm³/mol. The summed E-state index contributed by atoms with van der Waals surface area (Å²) in [6.45, 7) is 4.36. The second kappa shape index (κ2) is 7.47. The smallest absolute Gasteiger partial charge is 0.196 e. The zero-order chi connectivity index (χ0) is 19.8. The van der Waals surface area contributed by atoms with E-state index in [1.165, 1.54) is 22.7 Å². The largest absolute Gasteiger partial charge is 0.291 e. The van der Waals surface area contributed by atoms with Crippen LogP contribution in [0, 0.1) is 25.2 Å². The summed E-state index contributed by atoms with van der Waals surface area (Å²) in [5.41, 5.74) is 2.75. The van der Waals surface area contributed by atoms with Crippen molar-refractivity contribution in [1.29, 1.82) is 5.26 Å². The van der Waals surface area contributed by atoms with Crippen LogP contribution >= 0.6 is 34.3 Å². The van der Waals surface area contributed by atoms with Crippen LogP contribution in [0.25, 0.3) is 10.2 Å². The molecule has 0 aliphatic carbocycles. The van der Waals surface area contributed by atoms with Gasteiger partial charge in [0, 0.05) is 21.5 Å². The van der Waals surface area contributed by atoms with Crippen LogP contribution in [0.1, 0.15) is 37.5 Å². The summed E-state index contributed by atoms with van der Waals surface area (Å²) in [4.78, 5) is 18.8. The monoisotopic (exact) mass is 426 g/mol. The Morgan fingerprint density at radius 3 is 2.71 bits per heavy atom. The summed E-state index contributed by atoms with van der Waals surface area (Å²) < 4.78 is 1.89. The molecule has 3 aromatic heterocycles. The van der Waals surface area contributed by atoms with Gasteiger partial charge in [0.15, 0.2) is 11.7 Å². The fourth-order valence-corrected chi connectivity index (χ4v) is 5.07. The van der Waals surface area contributed by atoms with Crippen LogP contribution in [0.5, 0.6) is 0 Å². The Hall–Kier alpha value is -2.53. The number of aryl methyl sites for hydroxylation is 2. The number of carbonyl (C=O) groups excluding carboxylic acids is 1. The first kappa shape index (κ1) is 18.8. The van der Waals surface area contributed by atoms with Crippen LogP contribution in [-0.4, -0.2) is 20.5 Å². The van der Waals surface area contributed by atoms with Gasteiger partial charge in [0.05, 0.1) is 23.2 Å². The Morgan fingerprint density at radius 2 is 2.07 bits per heavy atom. The van der Waals surface area contributed by atoms with Gasteiger partial charge in [0.1, 0.15) is 9.84 Å². The van der Waals surface area contributed by atoms with E-state index in [2.05, 4.69) is 16.2 Å². The van der Waals surface area contributed by atoms with E-state index >= 15 is 0 Å². The minimum absolute atomic E-state index is 0.213. The summed E-state index contributed by atoms with van der Waals surface area (Å²) in [6, 6.07) is 11.6. The van der Waals surface area contributed by atoms with Crippen molar-refractivity contribution >= 4 is 50.3 Å². The van der Waals surface area contributed by atoms with Crippen molar-refractivity contribution in [3.8, 4) is 6.07 Å². The van der Waals surface area contributed by atoms with Crippen molar-refractivity contribution in [3.63, 3.8) is 0 Å². The number of thiophene rings is 1. The second-order valence-electron chi connectivity index (χ2n) is 6.45. The SMILES string of the molecule is Cc1csc(C(C#N)C(=O)c2cc3c(C)nn(Cc4ccc(Cl)cc4)c3s2)n1. The molecule has 0 saturated carbocycles. The van der Waals surface area contributed by atoms with Gasteiger partial charge in [0.25, 0.3) is 0 Å². The summed E-state index contributed by atoms with van der Waals surface area (Å²) in [7, 11) is 0. The fraction of sp³-hybridized carbons (Fsp3) is 0.200. The van der Waals surface area contributed by atoms with E-state index in [9.17, 15) is 10.1 Å². The molecule has 0 saturated heterocycles. The van der Waals surface area contributed by atoms with E-state index < -0.39 is 5.92 Å². The molecule has 0 spiro atoms. The first-order valence-corrected chi connectivity index (χ1v) is 10.6. The predicted octanol–water partition coefficient (Wildman–Crippen LogP) is 5.36. The van der Waals surface area contributed by atoms with Crippen LogP contribution in [0.15, 0.2) is 35.7 Å². The molecule has 0 fully saturated rings. The van der Waals surface area contributed by atoms with E-state index in [4.69, 9.17) is 11.6 Å². The van der Waals surface area contributed by atoms with E-state index in [0.29, 0.717) is 21.5 Å². The Morgan fingerprint density at radius 1 is 1.32 bits per heavy atom. The fourth-order valence-electron chi connectivity index (χ4n) is 2.98. The second-order valence-corrected chi connectivity index (χ2v) is 8.81. The number of benzene rings is 1. The molecular weight excluding hydrogens is 412 g/mol. The van der Waals surface area contributed by atoms with Crippen LogP contribution in [0.3, 0.4) is 0 Å². The number of halogens is 1. The van der Waals surface area contributed by atoms with Crippen LogP contribution < -0.4 is 0 Å². The lowest BCUT2D eigenvalue weighted by atomic mass is 10.1. The van der Waals surface area contributed by atoms with Crippen LogP contribution in [-0.2, 0) is 6.54 Å². The molecule has 140 valence electrons. The minimum Gasteiger partial charge on any atom is -0.291 e. The maximum atomic E-state index is 13.0. The third-order valence-electron chi connectivity index (χ3n) is 4.37. The molecule has 4 rings (SSSR count). The molecular formula is C20H15ClN4OS2. The standard InChI is InChI=1S/C20H15ClN4OS2/c1-11-10-27-19(23-11)16(8-22)18(26)17-7-15-12(2)24-25(20(15)28-17)9-13-3-5-14(21)6-4-13/h3-7,10,16H,9H2,1-2H3. The summed E-state index contributed by atoms with van der Waals surface area (Å²) in [6.07, 6.45) is 0. The third kappa shape index (κ3) is 3.47. The number of aromatic nitrogens is 3. The van der Waals surface area contributed by atoms with E-state index in [1.54, 1.807) is 0 Å². The highest BCUT2D eigenvalue weighted by atomic mass is 35.5. The van der Waals surface area contributed by atoms with Gasteiger partial charge in [-0.1, -0.05) is 23.7 Å². The molecule has 3 heterocycles. The number of nitriles is 1. The minimum atomic E-state index is -0.876. The van der Waals surface area contributed by atoms with Crippen molar-refractivity contribution < 1.29 is 4.79 Å². The van der Waals surface area contributed by atoms with Gasteiger partial charge in [-0.15, -0.1) is 22.7 Å². The highest BCUT2D eigenvalue weighted by Gasteiger charge is 2.27. The topological polar surface area (TPSA) is 71.6 Å². The van der Waals surface area contributed by atoms with Gasteiger partial charge >= 0.3 is 0 Å². The normalized spacial score (nSPS) is 12.2. The molecule has 0 aliphatic rings. The molecule has 1 unspecified atom stereocenters. The Labute approximate surface area is 174 Å². The van der Waals surface area contributed by atoms with Gasteiger partial charge in [-0.3, -0.25) is 9.48 Å². The molecule has 5 nitrogen and oxygen atoms in total. The van der Waals surface area contributed by atoms with Crippen molar-refractivity contribution in [1.82, 2.24) is 14.8 Å². The molecule has 0 N–H and O–H groups in total. The van der Waals surface area contributed by atoms with Crippen molar-refractivity contribution in [2.75, 3.05) is 0 Å². The van der Waals surface area contributed by atoms with Crippen molar-refractivity contribution in [2.24, 2.45) is 0 Å². The first-order chi connectivity index (χ1) is 13.5. The Bertz CT molecular complexity index is 1210. The number of ketones is 1. The lowest BCUT2D eigenvalue weighted by Crippen LogP contribution is -2.09. The molecule has 0 bridgehead atoms. The van der Waals surface area contributed by atoms with Crippen molar-refractivity contribution in [3.05, 3.63) is 67.6 Å². The first-order valence-electron chi connectivity index (χ1n) is 8.53. The van der Waals surface area contributed by atoms with Gasteiger partial charge in [0.2, 0.25) is 0 Å². The van der Waals surface area contributed by atoms with Gasteiger partial charge in [-0.05, 0) is 37.6 Å². The third-order valence-corrected chi connectivity index (χ3v) is 6.81. The lowest BCUT2D eigenvalue weighted by Gasteiger charge is -2.04. The number of carbonyl (C=O) groups is 1. The van der Waals surface area contributed by atoms with E-state index in [-0.39, 0.29) is 5.78 Å². The number of thiazole rings is 1. The molecule has 1 atom stereocenters. The van der Waals surface area contributed by atoms with E-state index in [1.807, 2.05) is 54.2 Å². The molecule has 0 amide bonds. The average Bonchev–Trinajstić information content (AvgIpc) is 3.36. The number of rotatable bonds is 5. The molecule has 4 aromatic rings. The maximum absolute atomic E-state index is 13.0. The maximum Gasteiger partial charge on any atom is 0.196 e. The number of hydrogen-bond acceptors (Lipinski definition) is 6. The van der Waals surface area contributed by atoms with Gasteiger partial charge in [-0.2, -0.15) is 10.4 Å². The number of fused-ring (bicyclic) bond motifs is 1.